The third-order valence-corrected chi connectivity index (χ3v) is 5.29. The van der Waals surface area contributed by atoms with E-state index in [0.717, 1.165) is 11.5 Å². The van der Waals surface area contributed by atoms with Crippen LogP contribution in [0, 0.1) is 0 Å². The van der Waals surface area contributed by atoms with Crippen molar-refractivity contribution in [3.05, 3.63) is 59.7 Å². The first-order valence-electron chi connectivity index (χ1n) is 7.96. The van der Waals surface area contributed by atoms with Gasteiger partial charge in [0.05, 0.1) is 0 Å². The van der Waals surface area contributed by atoms with Gasteiger partial charge in [-0.1, -0.05) is 0 Å². The van der Waals surface area contributed by atoms with Gasteiger partial charge in [0.1, 0.15) is 0 Å². The maximum absolute atomic E-state index is 5.92. The van der Waals surface area contributed by atoms with Crippen LogP contribution in [0.15, 0.2) is 48.5 Å². The van der Waals surface area contributed by atoms with Gasteiger partial charge in [0.15, 0.2) is 0 Å². The fourth-order valence-electron chi connectivity index (χ4n) is 2.17. The van der Waals surface area contributed by atoms with Gasteiger partial charge in [-0.15, -0.1) is 0 Å². The first-order chi connectivity index (χ1) is 10.7. The Labute approximate surface area is 153 Å². The van der Waals surface area contributed by atoms with Crippen molar-refractivity contribution in [3.8, 4) is 11.5 Å². The fourth-order valence-corrected chi connectivity index (χ4v) is 3.37. The van der Waals surface area contributed by atoms with Crippen molar-refractivity contribution in [1.82, 2.24) is 0 Å². The molecule has 0 radical (unpaired) electrons. The van der Waals surface area contributed by atoms with Crippen LogP contribution >= 0.6 is 0 Å². The van der Waals surface area contributed by atoms with Crippen molar-refractivity contribution in [3.63, 3.8) is 0 Å². The van der Waals surface area contributed by atoms with Crippen LogP contribution in [0.5, 0.6) is 11.5 Å². The number of hydrogen-bond acceptors (Lipinski definition) is 2. The monoisotopic (exact) mass is 388 g/mol. The van der Waals surface area contributed by atoms with Crippen molar-refractivity contribution in [1.29, 1.82) is 0 Å². The van der Waals surface area contributed by atoms with Crippen LogP contribution in [0.4, 0.5) is 0 Å². The van der Waals surface area contributed by atoms with Gasteiger partial charge in [0.25, 0.3) is 0 Å². The minimum atomic E-state index is -1.40. The number of rotatable bonds is 4. The van der Waals surface area contributed by atoms with Crippen LogP contribution in [0.25, 0.3) is 0 Å². The van der Waals surface area contributed by atoms with Crippen molar-refractivity contribution in [2.45, 2.75) is 52.4 Å². The molecule has 0 N–H and O–H groups in total. The summed E-state index contributed by atoms with van der Waals surface area (Å²) in [7, 11) is 0. The quantitative estimate of drug-likeness (QED) is 0.672. The molecule has 0 aliphatic heterocycles. The molecule has 0 saturated carbocycles. The van der Waals surface area contributed by atoms with E-state index in [0.29, 0.717) is 0 Å². The molecule has 2 aromatic carbocycles. The van der Waals surface area contributed by atoms with Gasteiger partial charge in [0, 0.05) is 0 Å². The molecule has 2 rings (SSSR count). The Hall–Kier alpha value is -1.08. The van der Waals surface area contributed by atoms with Gasteiger partial charge < -0.3 is 0 Å². The molecule has 0 fully saturated rings. The summed E-state index contributed by atoms with van der Waals surface area (Å²) < 4.78 is 11.8. The molecule has 0 unspecified atom stereocenters. The van der Waals surface area contributed by atoms with Gasteiger partial charge in [0.2, 0.25) is 0 Å². The standard InChI is InChI=1S/2C10H14O.Zr/c2*1-10(2,3)8-5-4-6-9(11)7-8;/h2*4-7,11H,1-3H3;/q;;+2/p-2. The van der Waals surface area contributed by atoms with Crippen LogP contribution in [0.1, 0.15) is 52.7 Å². The predicted octanol–water partition coefficient (Wildman–Crippen LogP) is 5.65. The molecule has 0 aliphatic rings. The second-order valence-electron chi connectivity index (χ2n) is 7.84. The molecule has 3 heteroatoms. The third-order valence-electron chi connectivity index (χ3n) is 3.72. The van der Waals surface area contributed by atoms with E-state index < -0.39 is 24.1 Å². The number of benzene rings is 2. The zero-order chi connectivity index (χ0) is 17.1. The third kappa shape index (κ3) is 5.50. The summed E-state index contributed by atoms with van der Waals surface area (Å²) >= 11 is -1.40. The van der Waals surface area contributed by atoms with Gasteiger partial charge in [-0.2, -0.15) is 0 Å². The van der Waals surface area contributed by atoms with Crippen molar-refractivity contribution in [2.75, 3.05) is 0 Å². The SMILES string of the molecule is CC(C)(C)c1cccc([O][Zr][O]c2cccc(C(C)(C)C)c2)c1. The zero-order valence-electron chi connectivity index (χ0n) is 14.9. The summed E-state index contributed by atoms with van der Waals surface area (Å²) in [4.78, 5) is 0. The van der Waals surface area contributed by atoms with E-state index in [2.05, 4.69) is 77.9 Å². The average Bonchev–Trinajstić information content (AvgIpc) is 2.46. The van der Waals surface area contributed by atoms with E-state index in [4.69, 9.17) is 5.63 Å². The average molecular weight is 390 g/mol. The molecule has 0 amide bonds. The van der Waals surface area contributed by atoms with E-state index >= 15 is 0 Å². The summed E-state index contributed by atoms with van der Waals surface area (Å²) in [6, 6.07) is 16.6. The Morgan fingerprint density at radius 2 is 1.04 bits per heavy atom. The van der Waals surface area contributed by atoms with Gasteiger partial charge in [-0.3, -0.25) is 0 Å². The molecule has 0 aromatic heterocycles. The second-order valence-corrected chi connectivity index (χ2v) is 9.26. The van der Waals surface area contributed by atoms with E-state index in [1.54, 1.807) is 0 Å². The van der Waals surface area contributed by atoms with Gasteiger partial charge in [-0.05, 0) is 0 Å². The molecule has 2 aromatic rings. The molecule has 0 aliphatic carbocycles. The maximum atomic E-state index is 5.92. The Morgan fingerprint density at radius 1 is 0.652 bits per heavy atom. The minimum absolute atomic E-state index is 0.131. The van der Waals surface area contributed by atoms with Gasteiger partial charge >= 0.3 is 153 Å². The zero-order valence-corrected chi connectivity index (χ0v) is 17.4. The van der Waals surface area contributed by atoms with Crippen LogP contribution in [-0.4, -0.2) is 0 Å². The number of hydrogen-bond donors (Lipinski definition) is 0. The Kier molecular flexibility index (Phi) is 5.73. The summed E-state index contributed by atoms with van der Waals surface area (Å²) in [5.41, 5.74) is 2.83. The second kappa shape index (κ2) is 7.22. The topological polar surface area (TPSA) is 18.5 Å². The molecule has 0 bridgehead atoms. The molecule has 2 nitrogen and oxygen atoms in total. The van der Waals surface area contributed by atoms with Crippen LogP contribution in [-0.2, 0) is 34.9 Å². The molecular formula is C20H26O2Zr. The summed E-state index contributed by atoms with van der Waals surface area (Å²) in [5.74, 6) is 1.83. The van der Waals surface area contributed by atoms with E-state index in [1.165, 1.54) is 11.1 Å². The van der Waals surface area contributed by atoms with E-state index in [-0.39, 0.29) is 10.8 Å². The van der Waals surface area contributed by atoms with E-state index in [9.17, 15) is 0 Å². The Morgan fingerprint density at radius 3 is 1.39 bits per heavy atom. The van der Waals surface area contributed by atoms with Crippen LogP contribution in [0.3, 0.4) is 0 Å². The molecule has 0 atom stereocenters. The summed E-state index contributed by atoms with van der Waals surface area (Å²) in [6.07, 6.45) is 0. The van der Waals surface area contributed by atoms with E-state index in [1.807, 2.05) is 12.1 Å². The molecule has 23 heavy (non-hydrogen) atoms. The first-order valence-corrected chi connectivity index (χ1v) is 9.97. The fraction of sp³-hybridized carbons (Fsp3) is 0.400. The van der Waals surface area contributed by atoms with Crippen molar-refractivity contribution >= 4 is 0 Å². The van der Waals surface area contributed by atoms with Crippen LogP contribution in [0.2, 0.25) is 0 Å². The predicted molar refractivity (Wildman–Crippen MR) is 91.5 cm³/mol. The summed E-state index contributed by atoms with van der Waals surface area (Å²) in [5, 5.41) is 0. The Balaban J connectivity index is 1.98. The normalized spacial score (nSPS) is 11.9. The van der Waals surface area contributed by atoms with Crippen molar-refractivity contribution in [2.24, 2.45) is 0 Å². The molecular weight excluding hydrogens is 363 g/mol. The molecule has 0 heterocycles. The molecule has 122 valence electrons. The van der Waals surface area contributed by atoms with Gasteiger partial charge in [-0.25, -0.2) is 0 Å². The van der Waals surface area contributed by atoms with Crippen molar-refractivity contribution < 1.29 is 29.7 Å². The molecule has 0 spiro atoms. The Bertz CT molecular complexity index is 594. The van der Waals surface area contributed by atoms with Crippen LogP contribution < -0.4 is 5.63 Å². The molecule has 0 saturated heterocycles. The first kappa shape index (κ1) is 18.3. The summed E-state index contributed by atoms with van der Waals surface area (Å²) in [6.45, 7) is 13.3.